The summed E-state index contributed by atoms with van der Waals surface area (Å²) in [4.78, 5) is 11.5. The minimum atomic E-state index is -0.470. The Hall–Kier alpha value is -1.35. The summed E-state index contributed by atoms with van der Waals surface area (Å²) in [5.41, 5.74) is 0.534. The van der Waals surface area contributed by atoms with E-state index in [0.717, 1.165) is 12.8 Å². The number of hydrogen-bond donors (Lipinski definition) is 1. The Kier molecular flexibility index (Phi) is 2.50. The molecule has 0 amide bonds. The van der Waals surface area contributed by atoms with Crippen molar-refractivity contribution in [2.24, 2.45) is 0 Å². The fourth-order valence-corrected chi connectivity index (χ4v) is 1.37. The molecule has 2 atom stereocenters. The minimum absolute atomic E-state index is 0.303. The highest BCUT2D eigenvalue weighted by atomic mass is 16.6. The van der Waals surface area contributed by atoms with Crippen LogP contribution in [0.15, 0.2) is 30.3 Å². The van der Waals surface area contributed by atoms with Crippen LogP contribution in [0.2, 0.25) is 0 Å². The predicted molar refractivity (Wildman–Crippen MR) is 50.9 cm³/mol. The van der Waals surface area contributed by atoms with Crippen molar-refractivity contribution in [1.82, 2.24) is 0 Å². The summed E-state index contributed by atoms with van der Waals surface area (Å²) >= 11 is 0. The first-order valence-electron chi connectivity index (χ1n) is 4.71. The molecule has 1 aromatic rings. The van der Waals surface area contributed by atoms with Crippen LogP contribution < -0.4 is 0 Å². The highest BCUT2D eigenvalue weighted by molar-refractivity contribution is 5.89. The Morgan fingerprint density at radius 1 is 1.29 bits per heavy atom. The summed E-state index contributed by atoms with van der Waals surface area (Å²) in [7, 11) is 0. The van der Waals surface area contributed by atoms with Crippen molar-refractivity contribution in [3.63, 3.8) is 0 Å². The first kappa shape index (κ1) is 9.21. The molecule has 1 aliphatic rings. The van der Waals surface area contributed by atoms with E-state index in [-0.39, 0.29) is 12.1 Å². The fourth-order valence-electron chi connectivity index (χ4n) is 1.37. The average molecular weight is 192 g/mol. The van der Waals surface area contributed by atoms with E-state index in [0.29, 0.717) is 5.56 Å². The number of esters is 1. The normalized spacial score (nSPS) is 25.2. The molecular weight excluding hydrogens is 180 g/mol. The maximum atomic E-state index is 11.5. The zero-order valence-electron chi connectivity index (χ0n) is 7.72. The lowest BCUT2D eigenvalue weighted by Gasteiger charge is -2.31. The molecule has 1 saturated carbocycles. The van der Waals surface area contributed by atoms with Gasteiger partial charge in [-0.25, -0.2) is 4.79 Å². The van der Waals surface area contributed by atoms with Crippen molar-refractivity contribution in [2.45, 2.75) is 25.0 Å². The quantitative estimate of drug-likeness (QED) is 0.720. The largest absolute Gasteiger partial charge is 0.456 e. The average Bonchev–Trinajstić information content (AvgIpc) is 2.24. The first-order chi connectivity index (χ1) is 6.77. The van der Waals surface area contributed by atoms with E-state index < -0.39 is 6.10 Å². The van der Waals surface area contributed by atoms with Crippen molar-refractivity contribution >= 4 is 5.97 Å². The second kappa shape index (κ2) is 3.80. The Morgan fingerprint density at radius 3 is 2.50 bits per heavy atom. The number of rotatable bonds is 2. The third-order valence-electron chi connectivity index (χ3n) is 2.44. The van der Waals surface area contributed by atoms with Gasteiger partial charge >= 0.3 is 5.97 Å². The van der Waals surface area contributed by atoms with Gasteiger partial charge in [-0.2, -0.15) is 0 Å². The monoisotopic (exact) mass is 192 g/mol. The van der Waals surface area contributed by atoms with Crippen LogP contribution in [-0.2, 0) is 4.74 Å². The molecule has 3 nitrogen and oxygen atoms in total. The predicted octanol–water partition coefficient (Wildman–Crippen LogP) is 1.37. The summed E-state index contributed by atoms with van der Waals surface area (Å²) in [6.45, 7) is 0. The molecule has 0 aromatic heterocycles. The highest BCUT2D eigenvalue weighted by Gasteiger charge is 2.32. The van der Waals surface area contributed by atoms with Crippen molar-refractivity contribution in [3.05, 3.63) is 35.9 Å². The third-order valence-corrected chi connectivity index (χ3v) is 2.44. The lowest BCUT2D eigenvalue weighted by molar-refractivity contribution is -0.0691. The molecular formula is C11H12O3. The molecule has 0 bridgehead atoms. The third kappa shape index (κ3) is 1.77. The Labute approximate surface area is 82.3 Å². The van der Waals surface area contributed by atoms with E-state index in [1.54, 1.807) is 24.3 Å². The smallest absolute Gasteiger partial charge is 0.338 e. The van der Waals surface area contributed by atoms with Crippen molar-refractivity contribution in [2.75, 3.05) is 0 Å². The van der Waals surface area contributed by atoms with Crippen LogP contribution >= 0.6 is 0 Å². The van der Waals surface area contributed by atoms with Crippen LogP contribution in [0.4, 0.5) is 0 Å². The van der Waals surface area contributed by atoms with E-state index in [1.165, 1.54) is 0 Å². The molecule has 1 fully saturated rings. The molecule has 3 heteroatoms. The van der Waals surface area contributed by atoms with E-state index in [9.17, 15) is 9.90 Å². The summed E-state index contributed by atoms with van der Waals surface area (Å²) < 4.78 is 5.10. The lowest BCUT2D eigenvalue weighted by atomic mass is 9.92. The van der Waals surface area contributed by atoms with Gasteiger partial charge in [0.25, 0.3) is 0 Å². The van der Waals surface area contributed by atoms with Gasteiger partial charge in [-0.15, -0.1) is 0 Å². The van der Waals surface area contributed by atoms with Crippen molar-refractivity contribution in [3.8, 4) is 0 Å². The molecule has 0 saturated heterocycles. The summed E-state index contributed by atoms with van der Waals surface area (Å²) in [5, 5.41) is 9.23. The van der Waals surface area contributed by atoms with Gasteiger partial charge in [-0.05, 0) is 25.0 Å². The Balaban J connectivity index is 1.96. The number of ether oxygens (including phenoxy) is 1. The van der Waals surface area contributed by atoms with Gasteiger partial charge in [0.2, 0.25) is 0 Å². The van der Waals surface area contributed by atoms with Crippen molar-refractivity contribution in [1.29, 1.82) is 0 Å². The van der Waals surface area contributed by atoms with Gasteiger partial charge in [0.1, 0.15) is 6.10 Å². The van der Waals surface area contributed by atoms with Gasteiger partial charge in [0.15, 0.2) is 0 Å². The summed E-state index contributed by atoms with van der Waals surface area (Å²) in [6, 6.07) is 8.82. The molecule has 14 heavy (non-hydrogen) atoms. The van der Waals surface area contributed by atoms with E-state index in [2.05, 4.69) is 0 Å². The number of aliphatic hydroxyl groups excluding tert-OH is 1. The van der Waals surface area contributed by atoms with Crippen LogP contribution in [0, 0.1) is 0 Å². The van der Waals surface area contributed by atoms with Gasteiger partial charge in [0, 0.05) is 0 Å². The fraction of sp³-hybridized carbons (Fsp3) is 0.364. The molecule has 0 unspecified atom stereocenters. The van der Waals surface area contributed by atoms with Crippen LogP contribution in [0.5, 0.6) is 0 Å². The van der Waals surface area contributed by atoms with Crippen LogP contribution in [0.25, 0.3) is 0 Å². The molecule has 0 aliphatic heterocycles. The van der Waals surface area contributed by atoms with E-state index in [1.807, 2.05) is 6.07 Å². The van der Waals surface area contributed by atoms with Gasteiger partial charge in [-0.1, -0.05) is 18.2 Å². The van der Waals surface area contributed by atoms with E-state index in [4.69, 9.17) is 4.74 Å². The molecule has 0 spiro atoms. The molecule has 0 radical (unpaired) electrons. The molecule has 1 aromatic carbocycles. The molecule has 1 aliphatic carbocycles. The molecule has 2 rings (SSSR count). The second-order valence-corrected chi connectivity index (χ2v) is 3.45. The van der Waals surface area contributed by atoms with E-state index >= 15 is 0 Å². The van der Waals surface area contributed by atoms with Gasteiger partial charge in [-0.3, -0.25) is 0 Å². The number of carbonyl (C=O) groups is 1. The lowest BCUT2D eigenvalue weighted by Crippen LogP contribution is -2.40. The zero-order valence-corrected chi connectivity index (χ0v) is 7.72. The van der Waals surface area contributed by atoms with Crippen LogP contribution in [0.1, 0.15) is 23.2 Å². The van der Waals surface area contributed by atoms with Crippen molar-refractivity contribution < 1.29 is 14.6 Å². The molecule has 74 valence electrons. The highest BCUT2D eigenvalue weighted by Crippen LogP contribution is 2.23. The number of hydrogen-bond acceptors (Lipinski definition) is 3. The maximum Gasteiger partial charge on any atom is 0.338 e. The summed E-state index contributed by atoms with van der Waals surface area (Å²) in [6.07, 6.45) is 0.720. The topological polar surface area (TPSA) is 46.5 Å². The second-order valence-electron chi connectivity index (χ2n) is 3.45. The van der Waals surface area contributed by atoms with Crippen LogP contribution in [0.3, 0.4) is 0 Å². The molecule has 0 heterocycles. The Morgan fingerprint density at radius 2 is 2.00 bits per heavy atom. The standard InChI is InChI=1S/C11H12O3/c12-9-6-7-10(9)14-11(13)8-4-2-1-3-5-8/h1-5,9-10,12H,6-7H2/t9-,10-/m1/s1. The first-order valence-corrected chi connectivity index (χ1v) is 4.71. The zero-order chi connectivity index (χ0) is 9.97. The SMILES string of the molecule is O=C(O[C@@H]1CC[C@H]1O)c1ccccc1. The number of benzene rings is 1. The Bertz CT molecular complexity index is 321. The number of carbonyl (C=O) groups excluding carboxylic acids is 1. The minimum Gasteiger partial charge on any atom is -0.456 e. The van der Waals surface area contributed by atoms with Gasteiger partial charge < -0.3 is 9.84 Å². The van der Waals surface area contributed by atoms with Gasteiger partial charge in [0.05, 0.1) is 11.7 Å². The summed E-state index contributed by atoms with van der Waals surface area (Å²) in [5.74, 6) is -0.352. The molecule has 1 N–H and O–H groups in total. The maximum absolute atomic E-state index is 11.5. The van der Waals surface area contributed by atoms with Crippen LogP contribution in [-0.4, -0.2) is 23.3 Å². The number of aliphatic hydroxyl groups is 1.